The molecule has 0 spiro atoms. The van der Waals surface area contributed by atoms with Crippen LogP contribution in [-0.4, -0.2) is 44.1 Å². The molecule has 3 aromatic rings. The van der Waals surface area contributed by atoms with E-state index < -0.39 is 0 Å². The van der Waals surface area contributed by atoms with Gasteiger partial charge in [0.1, 0.15) is 0 Å². The van der Waals surface area contributed by atoms with Crippen LogP contribution in [0.15, 0.2) is 23.5 Å². The first-order valence-corrected chi connectivity index (χ1v) is 9.66. The van der Waals surface area contributed by atoms with Gasteiger partial charge in [0.2, 0.25) is 0 Å². The zero-order valence-corrected chi connectivity index (χ0v) is 16.8. The smallest absolute Gasteiger partial charge is 0.307 e. The average molecular weight is 407 g/mol. The lowest BCUT2D eigenvalue weighted by Gasteiger charge is -2.08. The van der Waals surface area contributed by atoms with Gasteiger partial charge in [-0.05, 0) is 26.0 Å². The van der Waals surface area contributed by atoms with Crippen molar-refractivity contribution in [1.82, 2.24) is 19.5 Å². The molecule has 0 aliphatic carbocycles. The quantitative estimate of drug-likeness (QED) is 0.366. The number of aromatic amines is 1. The Morgan fingerprint density at radius 1 is 1.33 bits per heavy atom. The van der Waals surface area contributed by atoms with Crippen molar-refractivity contribution >= 4 is 46.3 Å². The summed E-state index contributed by atoms with van der Waals surface area (Å²) in [7, 11) is 1.37. The third-order valence-electron chi connectivity index (χ3n) is 4.26. The molecule has 0 amide bonds. The Kier molecular flexibility index (Phi) is 5.86. The van der Waals surface area contributed by atoms with E-state index in [0.717, 1.165) is 16.9 Å². The van der Waals surface area contributed by atoms with Gasteiger partial charge in [0.15, 0.2) is 16.6 Å². The Labute approximate surface area is 165 Å². The van der Waals surface area contributed by atoms with Gasteiger partial charge in [0, 0.05) is 29.7 Å². The summed E-state index contributed by atoms with van der Waals surface area (Å²) in [5.74, 6) is -0.0251. The first kappa shape index (κ1) is 19.4. The number of methoxy groups -OCH3 is 1. The number of fused-ring (bicyclic) bond motifs is 1. The normalized spacial score (nSPS) is 11.1. The number of ketones is 1. The predicted octanol–water partition coefficient (Wildman–Crippen LogP) is 3.57. The van der Waals surface area contributed by atoms with Crippen LogP contribution in [0.25, 0.3) is 11.2 Å². The van der Waals surface area contributed by atoms with Crippen LogP contribution in [0.2, 0.25) is 5.02 Å². The molecule has 1 N–H and O–H groups in total. The fourth-order valence-electron chi connectivity index (χ4n) is 2.87. The van der Waals surface area contributed by atoms with Crippen LogP contribution in [0.4, 0.5) is 0 Å². The minimum absolute atomic E-state index is 0.00358. The molecule has 0 saturated carbocycles. The van der Waals surface area contributed by atoms with E-state index >= 15 is 0 Å². The number of hydrogen-bond donors (Lipinski definition) is 1. The lowest BCUT2D eigenvalue weighted by atomic mass is 10.2. The second kappa shape index (κ2) is 8.14. The number of rotatable bonds is 7. The standard InChI is InChI=1S/C18H19ClN4O3S/c1-10-6-13(11(2)23(10)5-4-16(25)26-3)15(24)9-27-18-21-14-7-12(19)8-20-17(14)22-18/h6-8H,4-5,9H2,1-3H3,(H,20,21,22). The van der Waals surface area contributed by atoms with E-state index in [1.807, 2.05) is 24.5 Å². The highest BCUT2D eigenvalue weighted by Gasteiger charge is 2.17. The number of Topliss-reactive ketones (excluding diaryl/α,β-unsaturated/α-hetero) is 1. The number of H-pyrrole nitrogens is 1. The van der Waals surface area contributed by atoms with Gasteiger partial charge in [-0.2, -0.15) is 0 Å². The van der Waals surface area contributed by atoms with Crippen molar-refractivity contribution in [1.29, 1.82) is 0 Å². The number of nitrogens with zero attached hydrogens (tertiary/aromatic N) is 3. The van der Waals surface area contributed by atoms with Crippen LogP contribution in [-0.2, 0) is 16.1 Å². The Hall–Kier alpha value is -2.32. The number of pyridine rings is 1. The van der Waals surface area contributed by atoms with E-state index in [9.17, 15) is 9.59 Å². The monoisotopic (exact) mass is 406 g/mol. The van der Waals surface area contributed by atoms with Crippen molar-refractivity contribution in [3.63, 3.8) is 0 Å². The second-order valence-electron chi connectivity index (χ2n) is 6.04. The maximum absolute atomic E-state index is 12.7. The van der Waals surface area contributed by atoms with Crippen molar-refractivity contribution in [2.75, 3.05) is 12.9 Å². The van der Waals surface area contributed by atoms with Crippen LogP contribution in [0, 0.1) is 13.8 Å². The van der Waals surface area contributed by atoms with Crippen molar-refractivity contribution in [3.8, 4) is 0 Å². The van der Waals surface area contributed by atoms with Gasteiger partial charge >= 0.3 is 5.97 Å². The van der Waals surface area contributed by atoms with Gasteiger partial charge in [-0.25, -0.2) is 9.97 Å². The Balaban J connectivity index is 1.69. The van der Waals surface area contributed by atoms with Crippen LogP contribution >= 0.6 is 23.4 Å². The molecule has 0 aromatic carbocycles. The third kappa shape index (κ3) is 4.33. The maximum Gasteiger partial charge on any atom is 0.307 e. The topological polar surface area (TPSA) is 89.9 Å². The van der Waals surface area contributed by atoms with Crippen molar-refractivity contribution < 1.29 is 14.3 Å². The van der Waals surface area contributed by atoms with Gasteiger partial charge in [0.25, 0.3) is 0 Å². The van der Waals surface area contributed by atoms with Crippen molar-refractivity contribution in [2.24, 2.45) is 0 Å². The van der Waals surface area contributed by atoms with Gasteiger partial charge in [-0.15, -0.1) is 0 Å². The third-order valence-corrected chi connectivity index (χ3v) is 5.34. The van der Waals surface area contributed by atoms with Gasteiger partial charge in [-0.1, -0.05) is 23.4 Å². The summed E-state index contributed by atoms with van der Waals surface area (Å²) in [4.78, 5) is 35.6. The van der Waals surface area contributed by atoms with E-state index in [-0.39, 0.29) is 23.9 Å². The largest absolute Gasteiger partial charge is 0.469 e. The summed E-state index contributed by atoms with van der Waals surface area (Å²) in [5.41, 5.74) is 3.74. The molecule has 0 bridgehead atoms. The predicted molar refractivity (Wildman–Crippen MR) is 104 cm³/mol. The van der Waals surface area contributed by atoms with Gasteiger partial charge < -0.3 is 14.3 Å². The number of carbonyl (C=O) groups is 2. The van der Waals surface area contributed by atoms with E-state index in [1.165, 1.54) is 25.1 Å². The highest BCUT2D eigenvalue weighted by molar-refractivity contribution is 7.99. The summed E-state index contributed by atoms with van der Waals surface area (Å²) in [6.45, 7) is 4.29. The number of halogens is 1. The van der Waals surface area contributed by atoms with E-state index in [0.29, 0.717) is 27.9 Å². The number of nitrogens with one attached hydrogen (secondary N) is 1. The molecular weight excluding hydrogens is 388 g/mol. The molecule has 3 aromatic heterocycles. The highest BCUT2D eigenvalue weighted by atomic mass is 35.5. The number of ether oxygens (including phenoxy) is 1. The van der Waals surface area contributed by atoms with Crippen LogP contribution < -0.4 is 0 Å². The molecule has 7 nitrogen and oxygen atoms in total. The van der Waals surface area contributed by atoms with Crippen LogP contribution in [0.1, 0.15) is 28.2 Å². The highest BCUT2D eigenvalue weighted by Crippen LogP contribution is 2.23. The van der Waals surface area contributed by atoms with E-state index in [1.54, 1.807) is 6.07 Å². The summed E-state index contributed by atoms with van der Waals surface area (Å²) in [6.07, 6.45) is 1.80. The summed E-state index contributed by atoms with van der Waals surface area (Å²) >= 11 is 7.24. The molecule has 0 saturated heterocycles. The molecule has 0 aliphatic rings. The molecule has 0 atom stereocenters. The number of aryl methyl sites for hydroxylation is 1. The summed E-state index contributed by atoms with van der Waals surface area (Å²) in [5, 5.41) is 1.14. The molecule has 0 unspecified atom stereocenters. The van der Waals surface area contributed by atoms with E-state index in [2.05, 4.69) is 19.7 Å². The van der Waals surface area contributed by atoms with E-state index in [4.69, 9.17) is 11.6 Å². The molecule has 0 fully saturated rings. The maximum atomic E-state index is 12.7. The number of carbonyl (C=O) groups excluding carboxylic acids is 2. The SMILES string of the molecule is COC(=O)CCn1c(C)cc(C(=O)CSc2nc3ncc(Cl)cc3[nH]2)c1C. The second-order valence-corrected chi connectivity index (χ2v) is 7.44. The molecule has 142 valence electrons. The van der Waals surface area contributed by atoms with Gasteiger partial charge in [-0.3, -0.25) is 9.59 Å². The molecule has 27 heavy (non-hydrogen) atoms. The molecule has 3 rings (SSSR count). The molecule has 0 aliphatic heterocycles. The Bertz CT molecular complexity index is 1010. The summed E-state index contributed by atoms with van der Waals surface area (Å²) in [6, 6.07) is 3.60. The number of hydrogen-bond acceptors (Lipinski definition) is 6. The van der Waals surface area contributed by atoms with Crippen molar-refractivity contribution in [3.05, 3.63) is 40.3 Å². The van der Waals surface area contributed by atoms with Crippen molar-refractivity contribution in [2.45, 2.75) is 32.0 Å². The lowest BCUT2D eigenvalue weighted by molar-refractivity contribution is -0.140. The first-order chi connectivity index (χ1) is 12.9. The van der Waals surface area contributed by atoms with Crippen LogP contribution in [0.3, 0.4) is 0 Å². The number of imidazole rings is 1. The van der Waals surface area contributed by atoms with Crippen LogP contribution in [0.5, 0.6) is 0 Å². The molecule has 0 radical (unpaired) electrons. The number of aromatic nitrogens is 4. The zero-order valence-electron chi connectivity index (χ0n) is 15.2. The number of thioether (sulfide) groups is 1. The lowest BCUT2D eigenvalue weighted by Crippen LogP contribution is -2.10. The fraction of sp³-hybridized carbons (Fsp3) is 0.333. The molecule has 3 heterocycles. The minimum Gasteiger partial charge on any atom is -0.469 e. The Morgan fingerprint density at radius 2 is 2.11 bits per heavy atom. The zero-order chi connectivity index (χ0) is 19.6. The molecule has 9 heteroatoms. The summed E-state index contributed by atoms with van der Waals surface area (Å²) < 4.78 is 6.64. The average Bonchev–Trinajstić information content (AvgIpc) is 3.17. The Morgan fingerprint density at radius 3 is 2.85 bits per heavy atom. The first-order valence-electron chi connectivity index (χ1n) is 8.30. The number of esters is 1. The van der Waals surface area contributed by atoms with Gasteiger partial charge in [0.05, 0.1) is 29.8 Å². The minimum atomic E-state index is -0.274. The molecular formula is C18H19ClN4O3S. The fourth-order valence-corrected chi connectivity index (χ4v) is 3.78.